The highest BCUT2D eigenvalue weighted by atomic mass is 32.2. The Morgan fingerprint density at radius 2 is 1.96 bits per heavy atom. The summed E-state index contributed by atoms with van der Waals surface area (Å²) in [4.78, 5) is 12.7. The standard InChI is InChI=1S/C18H29N3O3S/c1-5-17(15-10-8-14(2)9-11-15)19-18(22)16-7-6-12-21(13-16)25(23,24)20(3)4/h8-11,16-17H,5-7,12-13H2,1-4H3,(H,19,22)/t16-,17-/m1/s1. The van der Waals surface area contributed by atoms with Crippen molar-refractivity contribution in [3.63, 3.8) is 0 Å². The van der Waals surface area contributed by atoms with E-state index in [4.69, 9.17) is 0 Å². The number of carbonyl (C=O) groups excluding carboxylic acids is 1. The lowest BCUT2D eigenvalue weighted by Crippen LogP contribution is -2.49. The van der Waals surface area contributed by atoms with Crippen LogP contribution >= 0.6 is 0 Å². The molecule has 25 heavy (non-hydrogen) atoms. The Morgan fingerprint density at radius 1 is 1.32 bits per heavy atom. The summed E-state index contributed by atoms with van der Waals surface area (Å²) in [7, 11) is -0.436. The van der Waals surface area contributed by atoms with Crippen LogP contribution < -0.4 is 5.32 Å². The summed E-state index contributed by atoms with van der Waals surface area (Å²) in [5.74, 6) is -0.367. The molecule has 140 valence electrons. The number of hydrogen-bond donors (Lipinski definition) is 1. The highest BCUT2D eigenvalue weighted by Crippen LogP contribution is 2.23. The molecule has 1 aliphatic heterocycles. The van der Waals surface area contributed by atoms with E-state index in [-0.39, 0.29) is 24.4 Å². The first-order valence-corrected chi connectivity index (χ1v) is 10.2. The largest absolute Gasteiger partial charge is 0.349 e. The molecule has 0 aliphatic carbocycles. The number of aryl methyl sites for hydroxylation is 1. The van der Waals surface area contributed by atoms with E-state index in [0.717, 1.165) is 18.4 Å². The fraction of sp³-hybridized carbons (Fsp3) is 0.611. The number of piperidine rings is 1. The second-order valence-corrected chi connectivity index (χ2v) is 9.01. The van der Waals surface area contributed by atoms with E-state index in [1.807, 2.05) is 38.1 Å². The molecule has 1 aliphatic rings. The Morgan fingerprint density at radius 3 is 2.52 bits per heavy atom. The first-order chi connectivity index (χ1) is 11.8. The van der Waals surface area contributed by atoms with Crippen LogP contribution in [0.25, 0.3) is 0 Å². The van der Waals surface area contributed by atoms with E-state index in [2.05, 4.69) is 5.32 Å². The molecule has 0 saturated carbocycles. The number of amides is 1. The van der Waals surface area contributed by atoms with Gasteiger partial charge in [0.05, 0.1) is 12.0 Å². The molecule has 1 N–H and O–H groups in total. The molecular formula is C18H29N3O3S. The molecule has 1 amide bonds. The third kappa shape index (κ3) is 4.80. The minimum Gasteiger partial charge on any atom is -0.349 e. The van der Waals surface area contributed by atoms with Gasteiger partial charge in [-0.25, -0.2) is 0 Å². The Bertz CT molecular complexity index is 686. The zero-order valence-electron chi connectivity index (χ0n) is 15.5. The van der Waals surface area contributed by atoms with Crippen LogP contribution in [0.1, 0.15) is 43.4 Å². The van der Waals surface area contributed by atoms with E-state index >= 15 is 0 Å². The minimum atomic E-state index is -3.47. The molecular weight excluding hydrogens is 338 g/mol. The van der Waals surface area contributed by atoms with E-state index in [9.17, 15) is 13.2 Å². The number of carbonyl (C=O) groups is 1. The Kier molecular flexibility index (Phi) is 6.59. The van der Waals surface area contributed by atoms with Crippen LogP contribution in [0, 0.1) is 12.8 Å². The second kappa shape index (κ2) is 8.29. The van der Waals surface area contributed by atoms with Crippen molar-refractivity contribution in [1.82, 2.24) is 13.9 Å². The molecule has 2 atom stereocenters. The van der Waals surface area contributed by atoms with Crippen LogP contribution in [0.5, 0.6) is 0 Å². The van der Waals surface area contributed by atoms with Crippen LogP contribution in [0.2, 0.25) is 0 Å². The average molecular weight is 368 g/mol. The number of benzene rings is 1. The van der Waals surface area contributed by atoms with Crippen LogP contribution in [0.4, 0.5) is 0 Å². The van der Waals surface area contributed by atoms with Gasteiger partial charge in [0.2, 0.25) is 5.91 Å². The van der Waals surface area contributed by atoms with Crippen molar-refractivity contribution in [2.45, 2.75) is 39.2 Å². The Hall–Kier alpha value is -1.44. The molecule has 1 saturated heterocycles. The Balaban J connectivity index is 2.05. The van der Waals surface area contributed by atoms with Gasteiger partial charge in [-0.2, -0.15) is 17.0 Å². The molecule has 0 unspecified atom stereocenters. The zero-order valence-corrected chi connectivity index (χ0v) is 16.3. The van der Waals surface area contributed by atoms with E-state index in [1.54, 1.807) is 0 Å². The monoisotopic (exact) mass is 367 g/mol. The van der Waals surface area contributed by atoms with E-state index in [1.165, 1.54) is 28.3 Å². The van der Waals surface area contributed by atoms with Crippen LogP contribution in [0.3, 0.4) is 0 Å². The normalized spacial score (nSPS) is 20.4. The second-order valence-electron chi connectivity index (χ2n) is 6.87. The van der Waals surface area contributed by atoms with Gasteiger partial charge in [0.15, 0.2) is 0 Å². The van der Waals surface area contributed by atoms with Gasteiger partial charge in [-0.05, 0) is 31.7 Å². The number of rotatable bonds is 6. The lowest BCUT2D eigenvalue weighted by Gasteiger charge is -2.33. The molecule has 0 spiro atoms. The molecule has 1 fully saturated rings. The summed E-state index contributed by atoms with van der Waals surface area (Å²) < 4.78 is 27.2. The number of hydrogen-bond acceptors (Lipinski definition) is 3. The molecule has 1 heterocycles. The lowest BCUT2D eigenvalue weighted by atomic mass is 9.97. The summed E-state index contributed by atoms with van der Waals surface area (Å²) in [6.07, 6.45) is 2.21. The van der Waals surface area contributed by atoms with Crippen molar-refractivity contribution < 1.29 is 13.2 Å². The highest BCUT2D eigenvalue weighted by molar-refractivity contribution is 7.86. The van der Waals surface area contributed by atoms with E-state index in [0.29, 0.717) is 13.0 Å². The molecule has 0 bridgehead atoms. The molecule has 0 radical (unpaired) electrons. The van der Waals surface area contributed by atoms with Crippen molar-refractivity contribution in [2.75, 3.05) is 27.2 Å². The maximum Gasteiger partial charge on any atom is 0.281 e. The molecule has 0 aromatic heterocycles. The van der Waals surface area contributed by atoms with Gasteiger partial charge < -0.3 is 5.32 Å². The van der Waals surface area contributed by atoms with Crippen molar-refractivity contribution in [3.05, 3.63) is 35.4 Å². The maximum atomic E-state index is 12.7. The van der Waals surface area contributed by atoms with Crippen LogP contribution in [0.15, 0.2) is 24.3 Å². The molecule has 1 aromatic carbocycles. The number of nitrogens with one attached hydrogen (secondary N) is 1. The lowest BCUT2D eigenvalue weighted by molar-refractivity contribution is -0.126. The summed E-state index contributed by atoms with van der Waals surface area (Å²) in [6.45, 7) is 4.79. The van der Waals surface area contributed by atoms with Crippen molar-refractivity contribution >= 4 is 16.1 Å². The first-order valence-electron chi connectivity index (χ1n) is 8.80. The molecule has 2 rings (SSSR count). The quantitative estimate of drug-likeness (QED) is 0.837. The van der Waals surface area contributed by atoms with Crippen molar-refractivity contribution in [2.24, 2.45) is 5.92 Å². The van der Waals surface area contributed by atoms with Gasteiger partial charge in [-0.1, -0.05) is 36.8 Å². The third-order valence-electron chi connectivity index (χ3n) is 4.75. The van der Waals surface area contributed by atoms with Crippen LogP contribution in [-0.4, -0.2) is 50.1 Å². The van der Waals surface area contributed by atoms with Gasteiger partial charge in [0, 0.05) is 27.2 Å². The summed E-state index contributed by atoms with van der Waals surface area (Å²) >= 11 is 0. The summed E-state index contributed by atoms with van der Waals surface area (Å²) in [6, 6.07) is 8.10. The van der Waals surface area contributed by atoms with Gasteiger partial charge in [0.25, 0.3) is 10.2 Å². The minimum absolute atomic E-state index is 0.0473. The maximum absolute atomic E-state index is 12.7. The van der Waals surface area contributed by atoms with Crippen molar-refractivity contribution in [3.8, 4) is 0 Å². The SMILES string of the molecule is CC[C@@H](NC(=O)[C@@H]1CCCN(S(=O)(=O)N(C)C)C1)c1ccc(C)cc1. The summed E-state index contributed by atoms with van der Waals surface area (Å²) in [5, 5.41) is 3.10. The molecule has 1 aromatic rings. The van der Waals surface area contributed by atoms with Gasteiger partial charge >= 0.3 is 0 Å². The van der Waals surface area contributed by atoms with Crippen molar-refractivity contribution in [1.29, 1.82) is 0 Å². The first kappa shape index (κ1) is 19.9. The fourth-order valence-electron chi connectivity index (χ4n) is 3.11. The number of nitrogens with zero attached hydrogens (tertiary/aromatic N) is 2. The van der Waals surface area contributed by atoms with Gasteiger partial charge in [-0.15, -0.1) is 0 Å². The van der Waals surface area contributed by atoms with E-state index < -0.39 is 10.2 Å². The Labute approximate surface area is 151 Å². The fourth-order valence-corrected chi connectivity index (χ4v) is 4.30. The predicted molar refractivity (Wildman–Crippen MR) is 99.3 cm³/mol. The smallest absolute Gasteiger partial charge is 0.281 e. The predicted octanol–water partition coefficient (Wildman–Crippen LogP) is 2.08. The van der Waals surface area contributed by atoms with Gasteiger partial charge in [-0.3, -0.25) is 4.79 Å². The average Bonchev–Trinajstić information content (AvgIpc) is 2.60. The zero-order chi connectivity index (χ0) is 18.6. The summed E-state index contributed by atoms with van der Waals surface area (Å²) in [5.41, 5.74) is 2.26. The third-order valence-corrected chi connectivity index (χ3v) is 6.65. The molecule has 7 heteroatoms. The highest BCUT2D eigenvalue weighted by Gasteiger charge is 2.34. The van der Waals surface area contributed by atoms with Crippen LogP contribution in [-0.2, 0) is 15.0 Å². The topological polar surface area (TPSA) is 69.7 Å². The van der Waals surface area contributed by atoms with Gasteiger partial charge in [0.1, 0.15) is 0 Å². The molecule has 6 nitrogen and oxygen atoms in total.